The number of alkyl halides is 2. The first-order chi connectivity index (χ1) is 8.02. The Bertz CT molecular complexity index is 366. The lowest BCUT2D eigenvalue weighted by Crippen LogP contribution is -2.32. The predicted octanol–water partition coefficient (Wildman–Crippen LogP) is 2.51. The largest absolute Gasteiger partial charge is 0.313 e. The van der Waals surface area contributed by atoms with Gasteiger partial charge in [-0.3, -0.25) is 4.68 Å². The number of aryl methyl sites for hydroxylation is 1. The van der Waals surface area contributed by atoms with Gasteiger partial charge < -0.3 is 5.32 Å². The highest BCUT2D eigenvalue weighted by Gasteiger charge is 2.37. The van der Waals surface area contributed by atoms with Crippen molar-refractivity contribution in [1.29, 1.82) is 0 Å². The zero-order valence-electron chi connectivity index (χ0n) is 10.3. The Morgan fingerprint density at radius 1 is 1.47 bits per heavy atom. The number of rotatable bonds is 3. The summed E-state index contributed by atoms with van der Waals surface area (Å²) in [6.07, 6.45) is 4.94. The number of halogens is 2. The quantitative estimate of drug-likeness (QED) is 0.884. The van der Waals surface area contributed by atoms with Crippen molar-refractivity contribution < 1.29 is 8.78 Å². The van der Waals surface area contributed by atoms with Gasteiger partial charge in [0.05, 0.1) is 6.20 Å². The van der Waals surface area contributed by atoms with Crippen molar-refractivity contribution in [2.75, 3.05) is 7.05 Å². The van der Waals surface area contributed by atoms with E-state index >= 15 is 0 Å². The molecular formula is C12H19F2N3. The highest BCUT2D eigenvalue weighted by atomic mass is 19.3. The Morgan fingerprint density at radius 2 is 2.12 bits per heavy atom. The molecule has 17 heavy (non-hydrogen) atoms. The van der Waals surface area contributed by atoms with Crippen LogP contribution in [0, 0.1) is 5.92 Å². The molecule has 2 rings (SSSR count). The Morgan fingerprint density at radius 3 is 2.59 bits per heavy atom. The Labute approximate surface area is 100 Å². The van der Waals surface area contributed by atoms with Crippen molar-refractivity contribution in [2.45, 2.75) is 37.6 Å². The van der Waals surface area contributed by atoms with E-state index in [9.17, 15) is 8.78 Å². The number of nitrogens with one attached hydrogen (secondary N) is 1. The van der Waals surface area contributed by atoms with E-state index in [2.05, 4.69) is 10.4 Å². The van der Waals surface area contributed by atoms with Crippen LogP contribution in [0.4, 0.5) is 8.78 Å². The van der Waals surface area contributed by atoms with Crippen LogP contribution in [0.3, 0.4) is 0 Å². The Kier molecular flexibility index (Phi) is 3.47. The molecule has 1 aromatic heterocycles. The maximum Gasteiger partial charge on any atom is 0.248 e. The molecule has 0 amide bonds. The van der Waals surface area contributed by atoms with Crippen molar-refractivity contribution in [3.05, 3.63) is 18.0 Å². The van der Waals surface area contributed by atoms with Gasteiger partial charge in [0.15, 0.2) is 0 Å². The fourth-order valence-corrected chi connectivity index (χ4v) is 2.67. The van der Waals surface area contributed by atoms with Crippen LogP contribution in [0.5, 0.6) is 0 Å². The molecule has 0 bridgehead atoms. The molecule has 5 heteroatoms. The maximum absolute atomic E-state index is 13.1. The smallest absolute Gasteiger partial charge is 0.248 e. The summed E-state index contributed by atoms with van der Waals surface area (Å²) in [7, 11) is 3.75. The predicted molar refractivity (Wildman–Crippen MR) is 61.9 cm³/mol. The summed E-state index contributed by atoms with van der Waals surface area (Å²) in [6, 6.07) is 0.139. The molecule has 0 aromatic carbocycles. The first kappa shape index (κ1) is 12.5. The van der Waals surface area contributed by atoms with Crippen LogP contribution in [0.1, 0.15) is 37.3 Å². The van der Waals surface area contributed by atoms with E-state index in [0.717, 1.165) is 5.56 Å². The number of hydrogen-bond acceptors (Lipinski definition) is 2. The number of hydrogen-bond donors (Lipinski definition) is 1. The zero-order valence-corrected chi connectivity index (χ0v) is 10.3. The van der Waals surface area contributed by atoms with Gasteiger partial charge in [-0.05, 0) is 25.8 Å². The number of aromatic nitrogens is 2. The van der Waals surface area contributed by atoms with Crippen LogP contribution < -0.4 is 5.32 Å². The van der Waals surface area contributed by atoms with E-state index in [0.29, 0.717) is 12.8 Å². The van der Waals surface area contributed by atoms with Gasteiger partial charge in [0, 0.05) is 37.7 Å². The summed E-state index contributed by atoms with van der Waals surface area (Å²) in [5.74, 6) is -2.17. The van der Waals surface area contributed by atoms with E-state index < -0.39 is 5.92 Å². The summed E-state index contributed by atoms with van der Waals surface area (Å²) < 4.78 is 28.0. The molecule has 1 aliphatic rings. The minimum atomic E-state index is -2.45. The second-order valence-electron chi connectivity index (χ2n) is 4.91. The van der Waals surface area contributed by atoms with E-state index in [4.69, 9.17) is 0 Å². The van der Waals surface area contributed by atoms with Gasteiger partial charge in [0.1, 0.15) is 0 Å². The van der Waals surface area contributed by atoms with Crippen LogP contribution in [-0.2, 0) is 7.05 Å². The molecule has 96 valence electrons. The van der Waals surface area contributed by atoms with Gasteiger partial charge >= 0.3 is 0 Å². The van der Waals surface area contributed by atoms with E-state index in [1.807, 2.05) is 26.5 Å². The lowest BCUT2D eigenvalue weighted by Gasteiger charge is -2.33. The zero-order chi connectivity index (χ0) is 12.5. The van der Waals surface area contributed by atoms with Gasteiger partial charge in [-0.1, -0.05) is 0 Å². The van der Waals surface area contributed by atoms with E-state index in [1.165, 1.54) is 0 Å². The van der Waals surface area contributed by atoms with Gasteiger partial charge in [-0.2, -0.15) is 5.10 Å². The van der Waals surface area contributed by atoms with Gasteiger partial charge in [0.25, 0.3) is 0 Å². The topological polar surface area (TPSA) is 29.9 Å². The molecule has 1 heterocycles. The summed E-state index contributed by atoms with van der Waals surface area (Å²) >= 11 is 0. The molecule has 1 atom stereocenters. The molecule has 1 aromatic rings. The monoisotopic (exact) mass is 243 g/mol. The third-order valence-electron chi connectivity index (χ3n) is 3.63. The third-order valence-corrected chi connectivity index (χ3v) is 3.63. The van der Waals surface area contributed by atoms with Crippen molar-refractivity contribution >= 4 is 0 Å². The molecule has 0 saturated heterocycles. The third kappa shape index (κ3) is 2.83. The molecule has 1 fully saturated rings. The highest BCUT2D eigenvalue weighted by molar-refractivity contribution is 5.12. The van der Waals surface area contributed by atoms with E-state index in [-0.39, 0.29) is 24.8 Å². The van der Waals surface area contributed by atoms with Crippen LogP contribution in [-0.4, -0.2) is 22.8 Å². The van der Waals surface area contributed by atoms with Crippen molar-refractivity contribution in [3.8, 4) is 0 Å². The number of nitrogens with zero attached hydrogens (tertiary/aromatic N) is 2. The summed E-state index contributed by atoms with van der Waals surface area (Å²) in [4.78, 5) is 0. The van der Waals surface area contributed by atoms with Crippen molar-refractivity contribution in [2.24, 2.45) is 13.0 Å². The van der Waals surface area contributed by atoms with Gasteiger partial charge in [-0.15, -0.1) is 0 Å². The van der Waals surface area contributed by atoms with Crippen LogP contribution >= 0.6 is 0 Å². The minimum absolute atomic E-state index is 0.0100. The molecule has 1 saturated carbocycles. The van der Waals surface area contributed by atoms with Crippen molar-refractivity contribution in [3.63, 3.8) is 0 Å². The summed E-state index contributed by atoms with van der Waals surface area (Å²) in [6.45, 7) is 0. The summed E-state index contributed by atoms with van der Waals surface area (Å²) in [5.41, 5.74) is 1.09. The maximum atomic E-state index is 13.1. The molecule has 0 aliphatic heterocycles. The summed E-state index contributed by atoms with van der Waals surface area (Å²) in [5, 5.41) is 7.37. The fraction of sp³-hybridized carbons (Fsp3) is 0.750. The lowest BCUT2D eigenvalue weighted by atomic mass is 9.80. The van der Waals surface area contributed by atoms with E-state index in [1.54, 1.807) is 4.68 Å². The van der Waals surface area contributed by atoms with Crippen LogP contribution in [0.2, 0.25) is 0 Å². The lowest BCUT2D eigenvalue weighted by molar-refractivity contribution is -0.0495. The standard InChI is InChI=1S/C12H19F2N3/c1-15-11(10-7-16-17(2)8-10)9-3-5-12(13,14)6-4-9/h7-9,11,15H,3-6H2,1-2H3. The molecule has 0 spiro atoms. The molecule has 3 nitrogen and oxygen atoms in total. The van der Waals surface area contributed by atoms with Gasteiger partial charge in [0.2, 0.25) is 5.92 Å². The Balaban J connectivity index is 2.05. The molecule has 0 radical (unpaired) electrons. The Hall–Kier alpha value is -0.970. The molecule has 1 unspecified atom stereocenters. The first-order valence-corrected chi connectivity index (χ1v) is 6.05. The molecule has 1 aliphatic carbocycles. The fourth-order valence-electron chi connectivity index (χ4n) is 2.67. The average Bonchev–Trinajstić information content (AvgIpc) is 2.68. The van der Waals surface area contributed by atoms with Crippen LogP contribution in [0.25, 0.3) is 0 Å². The van der Waals surface area contributed by atoms with Gasteiger partial charge in [-0.25, -0.2) is 8.78 Å². The average molecular weight is 243 g/mol. The van der Waals surface area contributed by atoms with Crippen LogP contribution in [0.15, 0.2) is 12.4 Å². The molecular weight excluding hydrogens is 224 g/mol. The van der Waals surface area contributed by atoms with Crippen molar-refractivity contribution in [1.82, 2.24) is 15.1 Å². The second kappa shape index (κ2) is 4.72. The minimum Gasteiger partial charge on any atom is -0.313 e. The second-order valence-corrected chi connectivity index (χ2v) is 4.91. The highest BCUT2D eigenvalue weighted by Crippen LogP contribution is 2.41. The normalized spacial score (nSPS) is 22.6. The molecule has 1 N–H and O–H groups in total. The first-order valence-electron chi connectivity index (χ1n) is 6.05. The SMILES string of the molecule is CNC(c1cnn(C)c1)C1CCC(F)(F)CC1.